The molecule has 0 saturated carbocycles. The highest BCUT2D eigenvalue weighted by molar-refractivity contribution is 5.87. The molecule has 2 aromatic rings. The van der Waals surface area contributed by atoms with Crippen LogP contribution in [0.25, 0.3) is 11.0 Å². The highest BCUT2D eigenvalue weighted by Crippen LogP contribution is 2.19. The fourth-order valence-corrected chi connectivity index (χ4v) is 2.45. The van der Waals surface area contributed by atoms with Crippen LogP contribution >= 0.6 is 0 Å². The van der Waals surface area contributed by atoms with Gasteiger partial charge >= 0.3 is 0 Å². The van der Waals surface area contributed by atoms with Crippen molar-refractivity contribution in [2.24, 2.45) is 5.84 Å². The van der Waals surface area contributed by atoms with Gasteiger partial charge in [-0.3, -0.25) is 15.3 Å². The Kier molecular flexibility index (Phi) is 3.82. The van der Waals surface area contributed by atoms with Gasteiger partial charge in [0.15, 0.2) is 5.65 Å². The van der Waals surface area contributed by atoms with Crippen LogP contribution in [0.1, 0.15) is 19.3 Å². The Hall–Kier alpha value is -2.42. The molecule has 3 heterocycles. The van der Waals surface area contributed by atoms with Gasteiger partial charge in [0.25, 0.3) is 0 Å². The van der Waals surface area contributed by atoms with Crippen molar-refractivity contribution in [2.45, 2.75) is 19.3 Å². The molecule has 1 aliphatic heterocycles. The minimum atomic E-state index is 0.176. The van der Waals surface area contributed by atoms with Crippen LogP contribution in [0.4, 0.5) is 11.8 Å². The van der Waals surface area contributed by atoms with E-state index in [4.69, 9.17) is 5.84 Å². The molecule has 0 spiro atoms. The SMILES string of the molecule is NNc1nc(NCCC(=O)N2CCCC2)c2cn[nH]c2n1. The molecular weight excluding hydrogens is 272 g/mol. The summed E-state index contributed by atoms with van der Waals surface area (Å²) in [5.41, 5.74) is 3.00. The van der Waals surface area contributed by atoms with Crippen molar-refractivity contribution in [3.63, 3.8) is 0 Å². The fraction of sp³-hybridized carbons (Fsp3) is 0.500. The highest BCUT2D eigenvalue weighted by atomic mass is 16.2. The van der Waals surface area contributed by atoms with Crippen molar-refractivity contribution in [2.75, 3.05) is 30.4 Å². The molecule has 0 radical (unpaired) electrons. The third kappa shape index (κ3) is 2.87. The minimum Gasteiger partial charge on any atom is -0.369 e. The summed E-state index contributed by atoms with van der Waals surface area (Å²) in [6.45, 7) is 2.26. The first-order valence-corrected chi connectivity index (χ1v) is 6.97. The molecule has 1 aliphatic rings. The Morgan fingerprint density at radius 2 is 2.19 bits per heavy atom. The first-order valence-electron chi connectivity index (χ1n) is 6.97. The number of nitrogens with one attached hydrogen (secondary N) is 3. The molecule has 1 fully saturated rings. The summed E-state index contributed by atoms with van der Waals surface area (Å²) in [5, 5.41) is 10.6. The van der Waals surface area contributed by atoms with E-state index in [-0.39, 0.29) is 5.91 Å². The van der Waals surface area contributed by atoms with E-state index in [1.807, 2.05) is 4.90 Å². The molecule has 0 atom stereocenters. The summed E-state index contributed by atoms with van der Waals surface area (Å²) in [5.74, 6) is 6.41. The Morgan fingerprint density at radius 3 is 2.95 bits per heavy atom. The maximum atomic E-state index is 12.0. The summed E-state index contributed by atoms with van der Waals surface area (Å²) in [4.78, 5) is 22.3. The number of aromatic amines is 1. The zero-order valence-corrected chi connectivity index (χ0v) is 11.6. The molecular formula is C12H18N8O. The third-order valence-corrected chi connectivity index (χ3v) is 3.53. The van der Waals surface area contributed by atoms with Crippen molar-refractivity contribution in [3.8, 4) is 0 Å². The Bertz CT molecular complexity index is 633. The van der Waals surface area contributed by atoms with E-state index in [1.54, 1.807) is 6.20 Å². The van der Waals surface area contributed by atoms with Crippen molar-refractivity contribution in [1.82, 2.24) is 25.1 Å². The number of carbonyl (C=O) groups excluding carboxylic acids is 1. The number of hydrogen-bond acceptors (Lipinski definition) is 7. The normalized spacial score (nSPS) is 14.6. The molecule has 0 bridgehead atoms. The minimum absolute atomic E-state index is 0.176. The van der Waals surface area contributed by atoms with Crippen LogP contribution in [0.5, 0.6) is 0 Å². The Balaban J connectivity index is 1.64. The van der Waals surface area contributed by atoms with E-state index in [1.165, 1.54) is 0 Å². The van der Waals surface area contributed by atoms with E-state index in [2.05, 4.69) is 30.9 Å². The van der Waals surface area contributed by atoms with Crippen LogP contribution in [0.3, 0.4) is 0 Å². The number of aromatic nitrogens is 4. The lowest BCUT2D eigenvalue weighted by Gasteiger charge is -2.15. The van der Waals surface area contributed by atoms with Crippen LogP contribution in [0, 0.1) is 0 Å². The average molecular weight is 290 g/mol. The second-order valence-electron chi connectivity index (χ2n) is 4.94. The second-order valence-corrected chi connectivity index (χ2v) is 4.94. The predicted octanol–water partition coefficient (Wildman–Crippen LogP) is 0.0629. The van der Waals surface area contributed by atoms with Gasteiger partial charge < -0.3 is 10.2 Å². The summed E-state index contributed by atoms with van der Waals surface area (Å²) < 4.78 is 0. The Labute approximate surface area is 121 Å². The van der Waals surface area contributed by atoms with Gasteiger partial charge in [-0.2, -0.15) is 15.1 Å². The van der Waals surface area contributed by atoms with Gasteiger partial charge in [-0.05, 0) is 12.8 Å². The van der Waals surface area contributed by atoms with Crippen LogP contribution in [0.2, 0.25) is 0 Å². The van der Waals surface area contributed by atoms with Crippen molar-refractivity contribution in [1.29, 1.82) is 0 Å². The van der Waals surface area contributed by atoms with Gasteiger partial charge in [-0.25, -0.2) is 5.84 Å². The molecule has 1 amide bonds. The summed E-state index contributed by atoms with van der Waals surface area (Å²) in [6, 6.07) is 0. The van der Waals surface area contributed by atoms with Crippen molar-refractivity contribution < 1.29 is 4.79 Å². The van der Waals surface area contributed by atoms with E-state index in [0.29, 0.717) is 30.4 Å². The van der Waals surface area contributed by atoms with Crippen molar-refractivity contribution in [3.05, 3.63) is 6.20 Å². The molecule has 21 heavy (non-hydrogen) atoms. The molecule has 2 aromatic heterocycles. The first-order chi connectivity index (χ1) is 10.3. The van der Waals surface area contributed by atoms with Gasteiger partial charge in [-0.15, -0.1) is 0 Å². The van der Waals surface area contributed by atoms with Crippen LogP contribution in [0.15, 0.2) is 6.20 Å². The lowest BCUT2D eigenvalue weighted by Crippen LogP contribution is -2.29. The van der Waals surface area contributed by atoms with Gasteiger partial charge in [0, 0.05) is 26.1 Å². The molecule has 5 N–H and O–H groups in total. The monoisotopic (exact) mass is 290 g/mol. The van der Waals surface area contributed by atoms with Crippen molar-refractivity contribution >= 4 is 28.7 Å². The number of likely N-dealkylation sites (tertiary alicyclic amines) is 1. The third-order valence-electron chi connectivity index (χ3n) is 3.53. The predicted molar refractivity (Wildman–Crippen MR) is 78.4 cm³/mol. The van der Waals surface area contributed by atoms with Gasteiger partial charge in [-0.1, -0.05) is 0 Å². The van der Waals surface area contributed by atoms with E-state index < -0.39 is 0 Å². The van der Waals surface area contributed by atoms with Gasteiger partial charge in [0.1, 0.15) is 5.82 Å². The smallest absolute Gasteiger partial charge is 0.241 e. The lowest BCUT2D eigenvalue weighted by atomic mass is 10.3. The molecule has 112 valence electrons. The number of nitrogens with zero attached hydrogens (tertiary/aromatic N) is 4. The number of H-pyrrole nitrogens is 1. The second kappa shape index (κ2) is 5.92. The standard InChI is InChI=1S/C12H18N8O/c13-18-12-16-10(8-7-15-19-11(8)17-12)14-4-3-9(21)20-5-1-2-6-20/h7H,1-6,13H2,(H3,14,15,16,17,18,19). The molecule has 0 unspecified atom stereocenters. The number of fused-ring (bicyclic) bond motifs is 1. The van der Waals surface area contributed by atoms with E-state index in [0.717, 1.165) is 31.3 Å². The number of nitrogen functional groups attached to an aromatic ring is 1. The molecule has 9 nitrogen and oxygen atoms in total. The average Bonchev–Trinajstić information content (AvgIpc) is 3.17. The van der Waals surface area contributed by atoms with Crippen LogP contribution in [-0.4, -0.2) is 50.6 Å². The number of nitrogens with two attached hydrogens (primary N) is 1. The van der Waals surface area contributed by atoms with Gasteiger partial charge in [0.2, 0.25) is 11.9 Å². The molecule has 0 aromatic carbocycles. The van der Waals surface area contributed by atoms with Crippen LogP contribution in [-0.2, 0) is 4.79 Å². The summed E-state index contributed by atoms with van der Waals surface area (Å²) in [6.07, 6.45) is 4.29. The number of hydrogen-bond donors (Lipinski definition) is 4. The van der Waals surface area contributed by atoms with E-state index >= 15 is 0 Å². The summed E-state index contributed by atoms with van der Waals surface area (Å²) >= 11 is 0. The van der Waals surface area contributed by atoms with E-state index in [9.17, 15) is 4.79 Å². The first kappa shape index (κ1) is 13.6. The molecule has 0 aliphatic carbocycles. The molecule has 3 rings (SSSR count). The number of carbonyl (C=O) groups is 1. The van der Waals surface area contributed by atoms with Crippen LogP contribution < -0.4 is 16.6 Å². The zero-order valence-electron chi connectivity index (χ0n) is 11.6. The summed E-state index contributed by atoms with van der Waals surface area (Å²) in [7, 11) is 0. The zero-order chi connectivity index (χ0) is 14.7. The fourth-order valence-electron chi connectivity index (χ4n) is 2.45. The topological polar surface area (TPSA) is 125 Å². The molecule has 9 heteroatoms. The maximum absolute atomic E-state index is 12.0. The highest BCUT2D eigenvalue weighted by Gasteiger charge is 2.17. The molecule has 1 saturated heterocycles. The Morgan fingerprint density at radius 1 is 1.38 bits per heavy atom. The quantitative estimate of drug-likeness (QED) is 0.453. The largest absolute Gasteiger partial charge is 0.369 e. The van der Waals surface area contributed by atoms with Gasteiger partial charge in [0.05, 0.1) is 11.6 Å². The lowest BCUT2D eigenvalue weighted by molar-refractivity contribution is -0.129. The maximum Gasteiger partial charge on any atom is 0.241 e. The number of anilines is 2. The number of rotatable bonds is 5. The number of hydrazine groups is 1. The number of amides is 1.